The quantitative estimate of drug-likeness (QED) is 0.654. The number of alkyl halides is 1. The zero-order chi connectivity index (χ0) is 7.61. The van der Waals surface area contributed by atoms with Crippen LogP contribution in [0.3, 0.4) is 0 Å². The summed E-state index contributed by atoms with van der Waals surface area (Å²) in [6.45, 7) is 2.30. The summed E-state index contributed by atoms with van der Waals surface area (Å²) in [5, 5.41) is 0.963. The molecule has 0 aromatic rings. The zero-order valence-corrected chi connectivity index (χ0v) is 8.15. The fourth-order valence-electron chi connectivity index (χ4n) is 1.82. The third-order valence-corrected chi connectivity index (χ3v) is 3.51. The minimum atomic E-state index is 0.109. The maximum absolute atomic E-state index is 6.10. The molecule has 60 valence electrons. The van der Waals surface area contributed by atoms with Crippen molar-refractivity contribution < 1.29 is 0 Å². The highest BCUT2D eigenvalue weighted by Gasteiger charge is 2.29. The molecule has 0 amide bonds. The monoisotopic (exact) mass is 205 g/mol. The van der Waals surface area contributed by atoms with E-state index in [9.17, 15) is 0 Å². The molecule has 0 bridgehead atoms. The van der Waals surface area contributed by atoms with Crippen molar-refractivity contribution in [2.45, 2.75) is 38.1 Å². The summed E-state index contributed by atoms with van der Waals surface area (Å²) in [6.07, 6.45) is 5.07. The summed E-state index contributed by atoms with van der Waals surface area (Å²) in [4.78, 5) is 0. The molecule has 1 aliphatic carbocycles. The normalized spacial score (nSPS) is 41.7. The van der Waals surface area contributed by atoms with Crippen LogP contribution >= 0.6 is 15.9 Å². The molecule has 1 rings (SSSR count). The summed E-state index contributed by atoms with van der Waals surface area (Å²) in [7, 11) is 0. The predicted molar refractivity (Wildman–Crippen MR) is 48.3 cm³/mol. The lowest BCUT2D eigenvalue weighted by Gasteiger charge is -2.35. The topological polar surface area (TPSA) is 26.0 Å². The highest BCUT2D eigenvalue weighted by atomic mass is 79.9. The molecule has 2 N–H and O–H groups in total. The Labute approximate surface area is 71.5 Å². The van der Waals surface area contributed by atoms with E-state index < -0.39 is 0 Å². The van der Waals surface area contributed by atoms with Crippen LogP contribution in [0.1, 0.15) is 32.6 Å². The van der Waals surface area contributed by atoms with Gasteiger partial charge in [0.1, 0.15) is 0 Å². The van der Waals surface area contributed by atoms with Gasteiger partial charge < -0.3 is 5.73 Å². The molecule has 1 nitrogen and oxygen atoms in total. The smallest absolute Gasteiger partial charge is 0.0254 e. The van der Waals surface area contributed by atoms with E-state index in [1.54, 1.807) is 0 Å². The van der Waals surface area contributed by atoms with Gasteiger partial charge >= 0.3 is 0 Å². The number of halogens is 1. The van der Waals surface area contributed by atoms with Gasteiger partial charge in [-0.25, -0.2) is 0 Å². The van der Waals surface area contributed by atoms with Gasteiger partial charge in [0, 0.05) is 10.9 Å². The average molecular weight is 206 g/mol. The first-order valence-electron chi connectivity index (χ1n) is 4.01. The molecule has 0 heterocycles. The molecule has 2 unspecified atom stereocenters. The Balaban J connectivity index is 2.45. The van der Waals surface area contributed by atoms with Crippen molar-refractivity contribution >= 4 is 15.9 Å². The minimum Gasteiger partial charge on any atom is -0.324 e. The van der Waals surface area contributed by atoms with E-state index in [-0.39, 0.29) is 5.54 Å². The van der Waals surface area contributed by atoms with Gasteiger partial charge in [-0.15, -0.1) is 0 Å². The Morgan fingerprint density at radius 3 is 2.80 bits per heavy atom. The van der Waals surface area contributed by atoms with Gasteiger partial charge in [-0.05, 0) is 18.8 Å². The lowest BCUT2D eigenvalue weighted by molar-refractivity contribution is 0.262. The summed E-state index contributed by atoms with van der Waals surface area (Å²) < 4.78 is 0. The first-order valence-corrected chi connectivity index (χ1v) is 5.13. The van der Waals surface area contributed by atoms with Gasteiger partial charge in [-0.1, -0.05) is 35.7 Å². The second-order valence-corrected chi connectivity index (χ2v) is 4.26. The van der Waals surface area contributed by atoms with E-state index in [1.165, 1.54) is 25.7 Å². The molecule has 10 heavy (non-hydrogen) atoms. The molecule has 0 aromatic heterocycles. The van der Waals surface area contributed by atoms with Crippen molar-refractivity contribution in [2.75, 3.05) is 5.33 Å². The average Bonchev–Trinajstić information content (AvgIpc) is 1.88. The SMILES string of the molecule is CC1CCCC(N)(CBr)C1. The predicted octanol–water partition coefficient (Wildman–Crippen LogP) is 2.29. The van der Waals surface area contributed by atoms with Crippen LogP contribution in [0, 0.1) is 5.92 Å². The number of hydrogen-bond acceptors (Lipinski definition) is 1. The molecular formula is C8H16BrN. The molecule has 1 fully saturated rings. The third-order valence-electron chi connectivity index (χ3n) is 2.39. The van der Waals surface area contributed by atoms with Crippen LogP contribution in [-0.4, -0.2) is 10.9 Å². The van der Waals surface area contributed by atoms with Crippen LogP contribution in [0.5, 0.6) is 0 Å². The first kappa shape index (κ1) is 8.54. The molecule has 0 saturated heterocycles. The second kappa shape index (κ2) is 3.22. The maximum Gasteiger partial charge on any atom is 0.0254 e. The highest BCUT2D eigenvalue weighted by Crippen LogP contribution is 2.31. The molecule has 0 aliphatic heterocycles. The number of nitrogens with two attached hydrogens (primary N) is 1. The summed E-state index contributed by atoms with van der Waals surface area (Å²) in [5.41, 5.74) is 6.21. The Hall–Kier alpha value is 0.440. The largest absolute Gasteiger partial charge is 0.324 e. The van der Waals surface area contributed by atoms with Gasteiger partial charge in [-0.2, -0.15) is 0 Å². The van der Waals surface area contributed by atoms with Crippen molar-refractivity contribution in [1.29, 1.82) is 0 Å². The van der Waals surface area contributed by atoms with E-state index in [0.29, 0.717) is 0 Å². The van der Waals surface area contributed by atoms with Crippen molar-refractivity contribution in [2.24, 2.45) is 11.7 Å². The maximum atomic E-state index is 6.10. The molecule has 0 spiro atoms. The second-order valence-electron chi connectivity index (χ2n) is 3.70. The molecule has 2 heteroatoms. The molecular weight excluding hydrogens is 190 g/mol. The van der Waals surface area contributed by atoms with Crippen molar-refractivity contribution in [3.63, 3.8) is 0 Å². The van der Waals surface area contributed by atoms with E-state index in [4.69, 9.17) is 5.73 Å². The van der Waals surface area contributed by atoms with Crippen LogP contribution in [0.4, 0.5) is 0 Å². The highest BCUT2D eigenvalue weighted by molar-refractivity contribution is 9.09. The van der Waals surface area contributed by atoms with Gasteiger partial charge in [0.05, 0.1) is 0 Å². The minimum absolute atomic E-state index is 0.109. The van der Waals surface area contributed by atoms with Gasteiger partial charge in [0.15, 0.2) is 0 Å². The fourth-order valence-corrected chi connectivity index (χ4v) is 2.33. The molecule has 0 radical (unpaired) electrons. The molecule has 1 saturated carbocycles. The zero-order valence-electron chi connectivity index (χ0n) is 6.57. The van der Waals surface area contributed by atoms with E-state index >= 15 is 0 Å². The van der Waals surface area contributed by atoms with Crippen LogP contribution in [0.15, 0.2) is 0 Å². The van der Waals surface area contributed by atoms with Crippen molar-refractivity contribution in [3.05, 3.63) is 0 Å². The summed E-state index contributed by atoms with van der Waals surface area (Å²) in [6, 6.07) is 0. The van der Waals surface area contributed by atoms with Gasteiger partial charge in [-0.3, -0.25) is 0 Å². The number of rotatable bonds is 1. The van der Waals surface area contributed by atoms with E-state index in [0.717, 1.165) is 11.2 Å². The van der Waals surface area contributed by atoms with Crippen LogP contribution in [0.2, 0.25) is 0 Å². The first-order chi connectivity index (χ1) is 4.66. The Kier molecular flexibility index (Phi) is 2.75. The van der Waals surface area contributed by atoms with Crippen molar-refractivity contribution in [1.82, 2.24) is 0 Å². The number of hydrogen-bond donors (Lipinski definition) is 1. The third kappa shape index (κ3) is 1.96. The van der Waals surface area contributed by atoms with Crippen LogP contribution < -0.4 is 5.73 Å². The standard InChI is InChI=1S/C8H16BrN/c1-7-3-2-4-8(10,5-7)6-9/h7H,2-6,10H2,1H3. The molecule has 2 atom stereocenters. The van der Waals surface area contributed by atoms with Crippen LogP contribution in [-0.2, 0) is 0 Å². The lowest BCUT2D eigenvalue weighted by atomic mass is 9.78. The fraction of sp³-hybridized carbons (Fsp3) is 1.00. The van der Waals surface area contributed by atoms with E-state index in [2.05, 4.69) is 22.9 Å². The Morgan fingerprint density at radius 1 is 1.70 bits per heavy atom. The van der Waals surface area contributed by atoms with E-state index in [1.807, 2.05) is 0 Å². The van der Waals surface area contributed by atoms with Crippen molar-refractivity contribution in [3.8, 4) is 0 Å². The lowest BCUT2D eigenvalue weighted by Crippen LogP contribution is -2.45. The molecule has 0 aromatic carbocycles. The van der Waals surface area contributed by atoms with Gasteiger partial charge in [0.25, 0.3) is 0 Å². The molecule has 1 aliphatic rings. The van der Waals surface area contributed by atoms with Crippen LogP contribution in [0.25, 0.3) is 0 Å². The Bertz CT molecular complexity index is 116. The summed E-state index contributed by atoms with van der Waals surface area (Å²) >= 11 is 3.47. The van der Waals surface area contributed by atoms with Gasteiger partial charge in [0.2, 0.25) is 0 Å². The summed E-state index contributed by atoms with van der Waals surface area (Å²) in [5.74, 6) is 0.830. The Morgan fingerprint density at radius 2 is 2.40 bits per heavy atom.